The normalized spacial score (nSPS) is 37.8. The zero-order chi connectivity index (χ0) is 23.7. The number of fused-ring (bicyclic) bond motifs is 5. The van der Waals surface area contributed by atoms with Gasteiger partial charge in [0.2, 0.25) is 0 Å². The van der Waals surface area contributed by atoms with E-state index in [9.17, 15) is 4.79 Å². The highest BCUT2D eigenvalue weighted by Crippen LogP contribution is 2.67. The molecule has 0 spiro atoms. The molecule has 0 aromatic rings. The Balaban J connectivity index is 0. The summed E-state index contributed by atoms with van der Waals surface area (Å²) >= 11 is 0. The fourth-order valence-electron chi connectivity index (χ4n) is 7.99. The molecule has 0 aromatic carbocycles. The van der Waals surface area contributed by atoms with Gasteiger partial charge in [0.15, 0.2) is 0 Å². The molecule has 198 valence electrons. The number of hydrogen-bond acceptors (Lipinski definition) is 2. The van der Waals surface area contributed by atoms with Gasteiger partial charge in [0.25, 0.3) is 6.47 Å². The van der Waals surface area contributed by atoms with Crippen LogP contribution >= 0.6 is 0 Å². The molecule has 33 heavy (non-hydrogen) atoms. The minimum Gasteiger partial charge on any atom is -0.483 e. The first kappa shape index (κ1) is 34.3. The fourth-order valence-corrected chi connectivity index (χ4v) is 7.99. The average molecular weight is 469 g/mol. The SMILES string of the molecule is C.C.CC.CC.CCCCC1CCC2C3C(=O)CC4CCCCC4(C)C3CCC12C.O=CO. The van der Waals surface area contributed by atoms with Crippen LogP contribution in [0.3, 0.4) is 0 Å². The van der Waals surface area contributed by atoms with Crippen molar-refractivity contribution in [1.82, 2.24) is 0 Å². The predicted molar refractivity (Wildman–Crippen MR) is 145 cm³/mol. The number of carbonyl (C=O) groups is 2. The highest BCUT2D eigenvalue weighted by molar-refractivity contribution is 5.83. The van der Waals surface area contributed by atoms with Crippen molar-refractivity contribution >= 4 is 12.3 Å². The zero-order valence-corrected chi connectivity index (χ0v) is 21.7. The lowest BCUT2D eigenvalue weighted by Crippen LogP contribution is -2.56. The Morgan fingerprint density at radius 2 is 1.48 bits per heavy atom. The summed E-state index contributed by atoms with van der Waals surface area (Å²) in [6, 6.07) is 0. The summed E-state index contributed by atoms with van der Waals surface area (Å²) in [5.41, 5.74) is 0.962. The van der Waals surface area contributed by atoms with Crippen LogP contribution in [0.5, 0.6) is 0 Å². The maximum absolute atomic E-state index is 13.2. The van der Waals surface area contributed by atoms with E-state index in [0.717, 1.165) is 12.3 Å². The molecule has 0 heterocycles. The van der Waals surface area contributed by atoms with E-state index in [2.05, 4.69) is 20.8 Å². The minimum atomic E-state index is -0.250. The molecule has 7 unspecified atom stereocenters. The molecule has 0 aliphatic heterocycles. The molecule has 4 aliphatic rings. The second-order valence-corrected chi connectivity index (χ2v) is 10.4. The van der Waals surface area contributed by atoms with Crippen LogP contribution in [-0.2, 0) is 9.59 Å². The molecule has 3 nitrogen and oxygen atoms in total. The quantitative estimate of drug-likeness (QED) is 0.419. The van der Waals surface area contributed by atoms with E-state index in [1.165, 1.54) is 70.6 Å². The van der Waals surface area contributed by atoms with Crippen LogP contribution in [-0.4, -0.2) is 17.4 Å². The summed E-state index contributed by atoms with van der Waals surface area (Å²) in [6.07, 6.45) is 16.0. The molecule has 4 saturated carbocycles. The first-order valence-electron chi connectivity index (χ1n) is 13.5. The van der Waals surface area contributed by atoms with E-state index in [4.69, 9.17) is 9.90 Å². The zero-order valence-electron chi connectivity index (χ0n) is 21.7. The van der Waals surface area contributed by atoms with Crippen molar-refractivity contribution in [2.75, 3.05) is 0 Å². The molecule has 0 amide bonds. The Hall–Kier alpha value is -0.860. The standard InChI is InChI=1S/C23H38O.2C2H6.CH2O2.2CH4/c1-4-5-8-16-10-11-18-21-19(12-14-23(16,18)3)22(2)13-7-6-9-17(22)15-20(21)24;2*1-2;2-1-3;;/h16-19,21H,4-15H2,1-3H3;2*1-2H3;1H,(H,2,3);2*1H4. The highest BCUT2D eigenvalue weighted by atomic mass is 16.3. The van der Waals surface area contributed by atoms with Gasteiger partial charge in [-0.1, -0.05) is 89.0 Å². The third-order valence-corrected chi connectivity index (χ3v) is 9.49. The molecule has 1 N–H and O–H groups in total. The van der Waals surface area contributed by atoms with E-state index in [0.29, 0.717) is 40.3 Å². The number of rotatable bonds is 3. The van der Waals surface area contributed by atoms with Crippen LogP contribution in [0.25, 0.3) is 0 Å². The first-order valence-corrected chi connectivity index (χ1v) is 13.5. The van der Waals surface area contributed by atoms with Crippen molar-refractivity contribution in [3.8, 4) is 0 Å². The van der Waals surface area contributed by atoms with Gasteiger partial charge in [-0.15, -0.1) is 0 Å². The molecular weight excluding hydrogens is 408 g/mol. The van der Waals surface area contributed by atoms with Crippen molar-refractivity contribution in [1.29, 1.82) is 0 Å². The second kappa shape index (κ2) is 15.9. The summed E-state index contributed by atoms with van der Waals surface area (Å²) in [5.74, 6) is 4.14. The molecule has 0 saturated heterocycles. The van der Waals surface area contributed by atoms with Gasteiger partial charge in [-0.3, -0.25) is 9.59 Å². The van der Waals surface area contributed by atoms with E-state index in [1.54, 1.807) is 0 Å². The smallest absolute Gasteiger partial charge is 0.290 e. The van der Waals surface area contributed by atoms with Gasteiger partial charge in [-0.05, 0) is 79.4 Å². The van der Waals surface area contributed by atoms with Crippen LogP contribution in [0.1, 0.15) is 140 Å². The molecule has 4 fully saturated rings. The fraction of sp³-hybridized carbons (Fsp3) is 0.933. The van der Waals surface area contributed by atoms with Crippen molar-refractivity contribution in [3.63, 3.8) is 0 Å². The monoisotopic (exact) mass is 468 g/mol. The highest BCUT2D eigenvalue weighted by Gasteiger charge is 2.61. The van der Waals surface area contributed by atoms with Gasteiger partial charge < -0.3 is 5.11 Å². The molecule has 0 bridgehead atoms. The van der Waals surface area contributed by atoms with Crippen LogP contribution in [0.15, 0.2) is 0 Å². The number of carboxylic acid groups (broad SMARTS) is 1. The summed E-state index contributed by atoms with van der Waals surface area (Å²) < 4.78 is 0. The van der Waals surface area contributed by atoms with Gasteiger partial charge in [0, 0.05) is 12.3 Å². The summed E-state index contributed by atoms with van der Waals surface area (Å²) in [7, 11) is 0. The minimum absolute atomic E-state index is 0. The van der Waals surface area contributed by atoms with Gasteiger partial charge in [-0.2, -0.15) is 0 Å². The predicted octanol–water partition coefficient (Wildman–Crippen LogP) is 9.43. The third-order valence-electron chi connectivity index (χ3n) is 9.49. The Morgan fingerprint density at radius 1 is 0.909 bits per heavy atom. The molecule has 0 radical (unpaired) electrons. The number of carbonyl (C=O) groups excluding carboxylic acids is 1. The Morgan fingerprint density at radius 3 is 2.06 bits per heavy atom. The lowest BCUT2D eigenvalue weighted by atomic mass is 9.44. The van der Waals surface area contributed by atoms with Gasteiger partial charge in [0.1, 0.15) is 5.78 Å². The Bertz CT molecular complexity index is 545. The van der Waals surface area contributed by atoms with Crippen molar-refractivity contribution in [2.24, 2.45) is 40.4 Å². The summed E-state index contributed by atoms with van der Waals surface area (Å²) in [5, 5.41) is 6.89. The topological polar surface area (TPSA) is 54.4 Å². The number of ketones is 1. The van der Waals surface area contributed by atoms with Crippen LogP contribution < -0.4 is 0 Å². The molecular formula is C30H60O3. The van der Waals surface area contributed by atoms with E-state index >= 15 is 0 Å². The summed E-state index contributed by atoms with van der Waals surface area (Å²) in [4.78, 5) is 21.6. The van der Waals surface area contributed by atoms with Crippen molar-refractivity contribution in [3.05, 3.63) is 0 Å². The van der Waals surface area contributed by atoms with E-state index < -0.39 is 0 Å². The van der Waals surface area contributed by atoms with Crippen molar-refractivity contribution < 1.29 is 14.7 Å². The lowest BCUT2D eigenvalue weighted by molar-refractivity contribution is -0.155. The molecule has 3 heteroatoms. The molecule has 7 atom stereocenters. The summed E-state index contributed by atoms with van der Waals surface area (Å²) in [6.45, 7) is 15.2. The van der Waals surface area contributed by atoms with Crippen LogP contribution in [0.4, 0.5) is 0 Å². The maximum Gasteiger partial charge on any atom is 0.290 e. The number of Topliss-reactive ketones (excluding diaryl/α,β-unsaturated/α-hetero) is 1. The largest absolute Gasteiger partial charge is 0.483 e. The third kappa shape index (κ3) is 6.85. The Kier molecular flexibility index (Phi) is 16.6. The van der Waals surface area contributed by atoms with Crippen LogP contribution in [0, 0.1) is 40.4 Å². The maximum atomic E-state index is 13.2. The van der Waals surface area contributed by atoms with Gasteiger partial charge in [0.05, 0.1) is 0 Å². The molecule has 4 aliphatic carbocycles. The number of hydrogen-bond donors (Lipinski definition) is 1. The number of unbranched alkanes of at least 4 members (excludes halogenated alkanes) is 1. The average Bonchev–Trinajstić information content (AvgIpc) is 3.12. The van der Waals surface area contributed by atoms with Crippen molar-refractivity contribution in [2.45, 2.75) is 140 Å². The van der Waals surface area contributed by atoms with E-state index in [-0.39, 0.29) is 21.3 Å². The van der Waals surface area contributed by atoms with Gasteiger partial charge >= 0.3 is 0 Å². The molecule has 4 rings (SSSR count). The second-order valence-electron chi connectivity index (χ2n) is 10.4. The lowest BCUT2D eigenvalue weighted by Gasteiger charge is -2.59. The van der Waals surface area contributed by atoms with Crippen LogP contribution in [0.2, 0.25) is 0 Å². The van der Waals surface area contributed by atoms with Gasteiger partial charge in [-0.25, -0.2) is 0 Å². The molecule has 0 aromatic heterocycles. The van der Waals surface area contributed by atoms with E-state index in [1.807, 2.05) is 27.7 Å². The Labute approximate surface area is 207 Å². The first-order chi connectivity index (χ1) is 14.9.